The zero-order valence-electron chi connectivity index (χ0n) is 9.10. The van der Waals surface area contributed by atoms with E-state index >= 15 is 0 Å². The maximum Gasteiger partial charge on any atom is 0.146 e. The maximum atomic E-state index is 13.4. The third-order valence-corrected chi connectivity index (χ3v) is 2.87. The Morgan fingerprint density at radius 1 is 1.06 bits per heavy atom. The molecule has 0 radical (unpaired) electrons. The standard InChI is InChI=1S/C13H10ClF2N/c1-8-10(14)3-2-4-12(8)17-13-7-9(15)5-6-11(13)16/h2-7,17H,1H3. The molecule has 0 aliphatic heterocycles. The highest BCUT2D eigenvalue weighted by atomic mass is 35.5. The van der Waals surface area contributed by atoms with Crippen LogP contribution in [0.3, 0.4) is 0 Å². The second-order valence-corrected chi connectivity index (χ2v) is 4.07. The molecule has 17 heavy (non-hydrogen) atoms. The summed E-state index contributed by atoms with van der Waals surface area (Å²) in [7, 11) is 0. The maximum absolute atomic E-state index is 13.4. The Labute approximate surface area is 103 Å². The molecule has 0 aliphatic rings. The molecule has 88 valence electrons. The molecule has 0 aromatic heterocycles. The lowest BCUT2D eigenvalue weighted by atomic mass is 10.2. The minimum absolute atomic E-state index is 0.0929. The summed E-state index contributed by atoms with van der Waals surface area (Å²) in [4.78, 5) is 0. The Balaban J connectivity index is 2.38. The molecule has 0 amide bonds. The zero-order valence-corrected chi connectivity index (χ0v) is 9.85. The third-order valence-electron chi connectivity index (χ3n) is 2.47. The van der Waals surface area contributed by atoms with Crippen molar-refractivity contribution in [2.75, 3.05) is 5.32 Å². The summed E-state index contributed by atoms with van der Waals surface area (Å²) in [5.74, 6) is -1.00. The normalized spacial score (nSPS) is 10.4. The molecule has 0 atom stereocenters. The average Bonchev–Trinajstić information content (AvgIpc) is 2.30. The van der Waals surface area contributed by atoms with E-state index in [1.54, 1.807) is 18.2 Å². The van der Waals surface area contributed by atoms with Crippen LogP contribution in [0, 0.1) is 18.6 Å². The molecule has 4 heteroatoms. The molecule has 0 saturated carbocycles. The molecule has 2 aromatic rings. The van der Waals surface area contributed by atoms with E-state index in [1.807, 2.05) is 6.92 Å². The van der Waals surface area contributed by atoms with Gasteiger partial charge in [-0.15, -0.1) is 0 Å². The van der Waals surface area contributed by atoms with Crippen LogP contribution in [0.4, 0.5) is 20.2 Å². The van der Waals surface area contributed by atoms with E-state index < -0.39 is 11.6 Å². The van der Waals surface area contributed by atoms with Crippen LogP contribution in [0.2, 0.25) is 5.02 Å². The Bertz CT molecular complexity index is 555. The van der Waals surface area contributed by atoms with Gasteiger partial charge in [-0.05, 0) is 36.8 Å². The van der Waals surface area contributed by atoms with Crippen LogP contribution in [-0.2, 0) is 0 Å². The first kappa shape index (κ1) is 11.9. The van der Waals surface area contributed by atoms with Crippen LogP contribution in [0.25, 0.3) is 0 Å². The Hall–Kier alpha value is -1.61. The predicted molar refractivity (Wildman–Crippen MR) is 65.8 cm³/mol. The molecule has 0 aliphatic carbocycles. The fraction of sp³-hybridized carbons (Fsp3) is 0.0769. The third kappa shape index (κ3) is 2.56. The molecule has 0 fully saturated rings. The summed E-state index contributed by atoms with van der Waals surface area (Å²) < 4.78 is 26.4. The van der Waals surface area contributed by atoms with Crippen LogP contribution in [0.5, 0.6) is 0 Å². The topological polar surface area (TPSA) is 12.0 Å². The van der Waals surface area contributed by atoms with Gasteiger partial charge in [-0.2, -0.15) is 0 Å². The minimum Gasteiger partial charge on any atom is -0.353 e. The molecule has 2 rings (SSSR count). The fourth-order valence-electron chi connectivity index (χ4n) is 1.48. The summed E-state index contributed by atoms with van der Waals surface area (Å²) in [5.41, 5.74) is 1.54. The molecular weight excluding hydrogens is 244 g/mol. The first-order chi connectivity index (χ1) is 8.08. The number of hydrogen-bond acceptors (Lipinski definition) is 1. The molecule has 2 aromatic carbocycles. The van der Waals surface area contributed by atoms with E-state index in [2.05, 4.69) is 5.32 Å². The highest BCUT2D eigenvalue weighted by Crippen LogP contribution is 2.27. The van der Waals surface area contributed by atoms with Crippen LogP contribution < -0.4 is 5.32 Å². The van der Waals surface area contributed by atoms with Gasteiger partial charge in [-0.25, -0.2) is 8.78 Å². The number of halogens is 3. The van der Waals surface area contributed by atoms with Gasteiger partial charge in [0, 0.05) is 16.8 Å². The predicted octanol–water partition coefficient (Wildman–Crippen LogP) is 4.67. The second-order valence-electron chi connectivity index (χ2n) is 3.66. The van der Waals surface area contributed by atoms with E-state index in [0.717, 1.165) is 23.8 Å². The van der Waals surface area contributed by atoms with Crippen LogP contribution in [-0.4, -0.2) is 0 Å². The van der Waals surface area contributed by atoms with Gasteiger partial charge in [0.1, 0.15) is 11.6 Å². The van der Waals surface area contributed by atoms with Crippen molar-refractivity contribution in [3.05, 3.63) is 58.6 Å². The van der Waals surface area contributed by atoms with E-state index in [4.69, 9.17) is 11.6 Å². The minimum atomic E-state index is -0.509. The van der Waals surface area contributed by atoms with Crippen molar-refractivity contribution >= 4 is 23.0 Å². The fourth-order valence-corrected chi connectivity index (χ4v) is 1.66. The number of anilines is 2. The van der Waals surface area contributed by atoms with Gasteiger partial charge in [0.25, 0.3) is 0 Å². The van der Waals surface area contributed by atoms with Gasteiger partial charge >= 0.3 is 0 Å². The molecule has 1 nitrogen and oxygen atoms in total. The molecular formula is C13H10ClF2N. The monoisotopic (exact) mass is 253 g/mol. The number of benzene rings is 2. The Morgan fingerprint density at radius 3 is 2.59 bits per heavy atom. The lowest BCUT2D eigenvalue weighted by Crippen LogP contribution is -1.97. The molecule has 0 saturated heterocycles. The summed E-state index contributed by atoms with van der Waals surface area (Å²) in [5, 5.41) is 3.40. The van der Waals surface area contributed by atoms with Crippen molar-refractivity contribution in [2.45, 2.75) is 6.92 Å². The van der Waals surface area contributed by atoms with Crippen molar-refractivity contribution in [2.24, 2.45) is 0 Å². The van der Waals surface area contributed by atoms with E-state index in [1.165, 1.54) is 0 Å². The van der Waals surface area contributed by atoms with Crippen molar-refractivity contribution in [3.8, 4) is 0 Å². The van der Waals surface area contributed by atoms with Gasteiger partial charge in [-0.1, -0.05) is 17.7 Å². The summed E-state index contributed by atoms with van der Waals surface area (Å²) in [6.45, 7) is 1.81. The van der Waals surface area contributed by atoms with Gasteiger partial charge < -0.3 is 5.32 Å². The lowest BCUT2D eigenvalue weighted by Gasteiger charge is -2.11. The molecule has 0 bridgehead atoms. The smallest absolute Gasteiger partial charge is 0.146 e. The van der Waals surface area contributed by atoms with Crippen molar-refractivity contribution in [1.82, 2.24) is 0 Å². The molecule has 0 spiro atoms. The first-order valence-corrected chi connectivity index (χ1v) is 5.43. The van der Waals surface area contributed by atoms with Gasteiger partial charge in [0.2, 0.25) is 0 Å². The summed E-state index contributed by atoms with van der Waals surface area (Å²) in [6.07, 6.45) is 0. The van der Waals surface area contributed by atoms with Gasteiger partial charge in [-0.3, -0.25) is 0 Å². The first-order valence-electron chi connectivity index (χ1n) is 5.05. The summed E-state index contributed by atoms with van der Waals surface area (Å²) in [6, 6.07) is 8.50. The second kappa shape index (κ2) is 4.72. The Morgan fingerprint density at radius 2 is 1.82 bits per heavy atom. The van der Waals surface area contributed by atoms with E-state index in [0.29, 0.717) is 10.7 Å². The number of nitrogens with one attached hydrogen (secondary N) is 1. The van der Waals surface area contributed by atoms with E-state index in [-0.39, 0.29) is 5.69 Å². The quantitative estimate of drug-likeness (QED) is 0.820. The molecule has 0 heterocycles. The number of hydrogen-bond donors (Lipinski definition) is 1. The van der Waals surface area contributed by atoms with Crippen molar-refractivity contribution in [3.63, 3.8) is 0 Å². The van der Waals surface area contributed by atoms with E-state index in [9.17, 15) is 8.78 Å². The SMILES string of the molecule is Cc1c(Cl)cccc1Nc1cc(F)ccc1F. The van der Waals surface area contributed by atoms with Crippen molar-refractivity contribution in [1.29, 1.82) is 0 Å². The van der Waals surface area contributed by atoms with Crippen LogP contribution in [0.1, 0.15) is 5.56 Å². The number of rotatable bonds is 2. The lowest BCUT2D eigenvalue weighted by molar-refractivity contribution is 0.603. The van der Waals surface area contributed by atoms with Crippen molar-refractivity contribution < 1.29 is 8.78 Å². The van der Waals surface area contributed by atoms with Gasteiger partial charge in [0.15, 0.2) is 0 Å². The zero-order chi connectivity index (χ0) is 12.4. The summed E-state index contributed by atoms with van der Waals surface area (Å²) >= 11 is 5.94. The average molecular weight is 254 g/mol. The molecule has 0 unspecified atom stereocenters. The van der Waals surface area contributed by atoms with Gasteiger partial charge in [0.05, 0.1) is 5.69 Å². The largest absolute Gasteiger partial charge is 0.353 e. The highest BCUT2D eigenvalue weighted by Gasteiger charge is 2.07. The van der Waals surface area contributed by atoms with Crippen LogP contribution in [0.15, 0.2) is 36.4 Å². The highest BCUT2D eigenvalue weighted by molar-refractivity contribution is 6.31. The van der Waals surface area contributed by atoms with Crippen LogP contribution >= 0.6 is 11.6 Å². The Kier molecular flexibility index (Phi) is 3.29. The molecule has 1 N–H and O–H groups in total.